The number of carbonyl (C=O) groups excluding carboxylic acids is 2. The predicted molar refractivity (Wildman–Crippen MR) is 82.1 cm³/mol. The molecule has 1 unspecified atom stereocenters. The minimum Gasteiger partial charge on any atom is -0.464 e. The first kappa shape index (κ1) is 20.7. The second kappa shape index (κ2) is 8.64. The number of esters is 1. The van der Waals surface area contributed by atoms with Crippen LogP contribution in [-0.4, -0.2) is 30.3 Å². The Hall–Kier alpha value is -1.38. The first-order valence-electron chi connectivity index (χ1n) is 6.34. The summed E-state index contributed by atoms with van der Waals surface area (Å²) in [6.45, 7) is 1.50. The molecular formula is C13H10Cl3F3N2O3. The molecule has 0 aliphatic carbocycles. The van der Waals surface area contributed by atoms with Gasteiger partial charge in [-0.15, -0.1) is 11.6 Å². The molecule has 1 atom stereocenters. The maximum atomic E-state index is 12.6. The number of nitrogens with zero attached hydrogens (tertiary/aromatic N) is 2. The van der Waals surface area contributed by atoms with Gasteiger partial charge in [-0.1, -0.05) is 23.2 Å². The van der Waals surface area contributed by atoms with Crippen LogP contribution in [-0.2, 0) is 20.5 Å². The van der Waals surface area contributed by atoms with Crippen LogP contribution < -0.4 is 0 Å². The molecule has 24 heavy (non-hydrogen) atoms. The zero-order valence-electron chi connectivity index (χ0n) is 12.0. The minimum atomic E-state index is -4.65. The first-order valence-corrected chi connectivity index (χ1v) is 7.63. The number of alkyl halides is 4. The van der Waals surface area contributed by atoms with Crippen molar-refractivity contribution in [1.82, 2.24) is 0 Å². The Morgan fingerprint density at radius 3 is 2.21 bits per heavy atom. The summed E-state index contributed by atoms with van der Waals surface area (Å²) in [6, 6.07) is -0.452. The van der Waals surface area contributed by atoms with E-state index in [1.165, 1.54) is 6.92 Å². The van der Waals surface area contributed by atoms with Gasteiger partial charge >= 0.3 is 12.1 Å². The molecule has 0 heterocycles. The molecule has 0 aliphatic rings. The van der Waals surface area contributed by atoms with E-state index in [0.717, 1.165) is 0 Å². The van der Waals surface area contributed by atoms with Gasteiger partial charge in [-0.05, 0) is 19.1 Å². The quantitative estimate of drug-likeness (QED) is 0.294. The van der Waals surface area contributed by atoms with Gasteiger partial charge in [0.2, 0.25) is 6.04 Å². The number of rotatable bonds is 6. The molecule has 0 spiro atoms. The van der Waals surface area contributed by atoms with Crippen molar-refractivity contribution in [2.24, 2.45) is 10.2 Å². The Morgan fingerprint density at radius 2 is 1.79 bits per heavy atom. The van der Waals surface area contributed by atoms with Crippen molar-refractivity contribution < 1.29 is 27.5 Å². The highest BCUT2D eigenvalue weighted by Gasteiger charge is 2.32. The van der Waals surface area contributed by atoms with E-state index in [2.05, 4.69) is 15.0 Å². The SMILES string of the molecule is CCOC(=O)C(/N=N/c1c(Cl)cc(C(F)(F)F)cc1Cl)C(=O)CCl. The Kier molecular flexibility index (Phi) is 7.44. The molecule has 0 radical (unpaired) electrons. The molecule has 0 saturated carbocycles. The van der Waals surface area contributed by atoms with Crippen molar-refractivity contribution in [3.63, 3.8) is 0 Å². The number of ether oxygens (including phenoxy) is 1. The van der Waals surface area contributed by atoms with Gasteiger partial charge in [-0.3, -0.25) is 4.79 Å². The van der Waals surface area contributed by atoms with E-state index in [4.69, 9.17) is 34.8 Å². The zero-order chi connectivity index (χ0) is 18.5. The van der Waals surface area contributed by atoms with Gasteiger partial charge in [0, 0.05) is 0 Å². The van der Waals surface area contributed by atoms with E-state index >= 15 is 0 Å². The third-order valence-electron chi connectivity index (χ3n) is 2.56. The maximum absolute atomic E-state index is 12.6. The van der Waals surface area contributed by atoms with Gasteiger partial charge in [0.15, 0.2) is 5.78 Å². The second-order valence-electron chi connectivity index (χ2n) is 4.26. The third-order valence-corrected chi connectivity index (χ3v) is 3.40. The van der Waals surface area contributed by atoms with Gasteiger partial charge in [-0.2, -0.15) is 23.4 Å². The van der Waals surface area contributed by atoms with Gasteiger partial charge in [0.25, 0.3) is 0 Å². The summed E-state index contributed by atoms with van der Waals surface area (Å²) < 4.78 is 42.6. The van der Waals surface area contributed by atoms with Crippen LogP contribution in [0.5, 0.6) is 0 Å². The molecular weight excluding hydrogens is 396 g/mol. The number of ketones is 1. The lowest BCUT2D eigenvalue weighted by atomic mass is 10.2. The number of hydrogen-bond donors (Lipinski definition) is 0. The molecule has 0 aromatic heterocycles. The lowest BCUT2D eigenvalue weighted by molar-refractivity contribution is -0.147. The molecule has 1 rings (SSSR count). The van der Waals surface area contributed by atoms with Gasteiger partial charge in [0.05, 0.1) is 28.1 Å². The van der Waals surface area contributed by atoms with Crippen LogP contribution in [0, 0.1) is 0 Å². The van der Waals surface area contributed by atoms with E-state index in [-0.39, 0.29) is 12.3 Å². The molecule has 0 saturated heterocycles. The molecule has 0 fully saturated rings. The summed E-state index contributed by atoms with van der Waals surface area (Å²) in [5, 5.41) is 6.09. The Bertz CT molecular complexity index is 643. The standard InChI is InChI=1S/C13H10Cl3F3N2O3/c1-2-24-12(23)11(9(22)5-14)21-20-10-7(15)3-6(4-8(10)16)13(17,18)19/h3-4,11H,2,5H2,1H3/b21-20+. The highest BCUT2D eigenvalue weighted by Crippen LogP contribution is 2.40. The fourth-order valence-corrected chi connectivity index (χ4v) is 2.19. The molecule has 0 N–H and O–H groups in total. The van der Waals surface area contributed by atoms with Crippen LogP contribution in [0.1, 0.15) is 12.5 Å². The lowest BCUT2D eigenvalue weighted by Gasteiger charge is -2.10. The van der Waals surface area contributed by atoms with E-state index in [1.807, 2.05) is 0 Å². The largest absolute Gasteiger partial charge is 0.464 e. The highest BCUT2D eigenvalue weighted by atomic mass is 35.5. The smallest absolute Gasteiger partial charge is 0.416 e. The normalized spacial score (nSPS) is 13.1. The van der Waals surface area contributed by atoms with Crippen molar-refractivity contribution >= 4 is 52.2 Å². The van der Waals surface area contributed by atoms with E-state index < -0.39 is 45.5 Å². The summed E-state index contributed by atoms with van der Waals surface area (Å²) in [4.78, 5) is 23.3. The van der Waals surface area contributed by atoms with Crippen molar-refractivity contribution in [1.29, 1.82) is 0 Å². The Morgan fingerprint density at radius 1 is 1.25 bits per heavy atom. The Balaban J connectivity index is 3.19. The van der Waals surface area contributed by atoms with Crippen molar-refractivity contribution in [2.75, 3.05) is 12.5 Å². The topological polar surface area (TPSA) is 68.1 Å². The van der Waals surface area contributed by atoms with Gasteiger partial charge in [0.1, 0.15) is 5.69 Å². The maximum Gasteiger partial charge on any atom is 0.416 e. The Labute approximate surface area is 149 Å². The van der Waals surface area contributed by atoms with Crippen LogP contribution >= 0.6 is 34.8 Å². The van der Waals surface area contributed by atoms with E-state index in [9.17, 15) is 22.8 Å². The molecule has 0 amide bonds. The van der Waals surface area contributed by atoms with Gasteiger partial charge in [-0.25, -0.2) is 4.79 Å². The predicted octanol–water partition coefficient (Wildman–Crippen LogP) is 4.84. The summed E-state index contributed by atoms with van der Waals surface area (Å²) in [7, 11) is 0. The average Bonchev–Trinajstić information content (AvgIpc) is 2.48. The molecule has 0 aliphatic heterocycles. The monoisotopic (exact) mass is 404 g/mol. The van der Waals surface area contributed by atoms with E-state index in [0.29, 0.717) is 12.1 Å². The number of carbonyl (C=O) groups is 2. The van der Waals surface area contributed by atoms with Gasteiger partial charge < -0.3 is 4.74 Å². The minimum absolute atomic E-state index is 0.0117. The molecule has 1 aromatic carbocycles. The van der Waals surface area contributed by atoms with Crippen LogP contribution in [0.3, 0.4) is 0 Å². The number of hydrogen-bond acceptors (Lipinski definition) is 5. The fraction of sp³-hybridized carbons (Fsp3) is 0.385. The summed E-state index contributed by atoms with van der Waals surface area (Å²) in [5.41, 5.74) is -1.39. The lowest BCUT2D eigenvalue weighted by Crippen LogP contribution is -2.30. The number of benzene rings is 1. The highest BCUT2D eigenvalue weighted by molar-refractivity contribution is 6.38. The van der Waals surface area contributed by atoms with E-state index in [1.54, 1.807) is 0 Å². The fourth-order valence-electron chi connectivity index (χ4n) is 1.48. The third kappa shape index (κ3) is 5.32. The van der Waals surface area contributed by atoms with Crippen LogP contribution in [0.25, 0.3) is 0 Å². The number of azo groups is 1. The number of halogens is 6. The summed E-state index contributed by atoms with van der Waals surface area (Å²) in [6.07, 6.45) is -4.65. The zero-order valence-corrected chi connectivity index (χ0v) is 14.3. The van der Waals surface area contributed by atoms with Crippen molar-refractivity contribution in [2.45, 2.75) is 19.1 Å². The molecule has 11 heteroatoms. The number of Topliss-reactive ketones (excluding diaryl/α,β-unsaturated/α-hetero) is 1. The summed E-state index contributed by atoms with van der Waals surface area (Å²) >= 11 is 16.8. The molecule has 5 nitrogen and oxygen atoms in total. The first-order chi connectivity index (χ1) is 11.1. The van der Waals surface area contributed by atoms with Crippen LogP contribution in [0.4, 0.5) is 18.9 Å². The van der Waals surface area contributed by atoms with Crippen molar-refractivity contribution in [3.8, 4) is 0 Å². The molecule has 1 aromatic rings. The molecule has 132 valence electrons. The second-order valence-corrected chi connectivity index (χ2v) is 5.34. The molecule has 0 bridgehead atoms. The average molecular weight is 406 g/mol. The van der Waals surface area contributed by atoms with Crippen LogP contribution in [0.2, 0.25) is 10.0 Å². The van der Waals surface area contributed by atoms with Crippen LogP contribution in [0.15, 0.2) is 22.4 Å². The summed E-state index contributed by atoms with van der Waals surface area (Å²) in [5.74, 6) is -2.32. The van der Waals surface area contributed by atoms with Crippen molar-refractivity contribution in [3.05, 3.63) is 27.7 Å².